The van der Waals surface area contributed by atoms with E-state index in [2.05, 4.69) is 35.8 Å². The Kier molecular flexibility index (Phi) is 7.75. The summed E-state index contributed by atoms with van der Waals surface area (Å²) in [6.07, 6.45) is 5.52. The molecule has 2 bridgehead atoms. The lowest BCUT2D eigenvalue weighted by atomic mass is 9.45. The Labute approximate surface area is 202 Å². The minimum absolute atomic E-state index is 0.568. The number of quaternary nitrogens is 1. The fourth-order valence-electron chi connectivity index (χ4n) is 6.47. The summed E-state index contributed by atoms with van der Waals surface area (Å²) in [5.41, 5.74) is 1.81. The third-order valence-corrected chi connectivity index (χ3v) is 9.56. The van der Waals surface area contributed by atoms with Crippen LogP contribution in [0.5, 0.6) is 11.5 Å². The number of rotatable bonds is 10. The molecule has 0 radical (unpaired) electrons. The molecule has 5 rings (SSSR count). The summed E-state index contributed by atoms with van der Waals surface area (Å²) in [6.45, 7) is 12.3. The van der Waals surface area contributed by atoms with Crippen molar-refractivity contribution in [3.63, 3.8) is 0 Å². The van der Waals surface area contributed by atoms with E-state index in [1.54, 1.807) is 14.2 Å². The van der Waals surface area contributed by atoms with Gasteiger partial charge < -0.3 is 23.4 Å². The van der Waals surface area contributed by atoms with Crippen molar-refractivity contribution in [1.82, 2.24) is 0 Å². The van der Waals surface area contributed by atoms with Crippen molar-refractivity contribution < 1.29 is 23.4 Å². The first-order chi connectivity index (χ1) is 15.4. The SMILES string of the molecule is COc1cc(Br)c(C[N+]2(CCOCC[C@@H]3CC[C@H]4C[C@@H]3C4(C)C)CCOCC2)cc1OC. The molecule has 32 heavy (non-hydrogen) atoms. The van der Waals surface area contributed by atoms with Crippen LogP contribution >= 0.6 is 15.9 Å². The minimum Gasteiger partial charge on any atom is -0.493 e. The smallest absolute Gasteiger partial charge is 0.161 e. The number of morpholine rings is 1. The second-order valence-corrected chi connectivity index (χ2v) is 11.5. The highest BCUT2D eigenvalue weighted by Gasteiger charge is 2.53. The lowest BCUT2D eigenvalue weighted by molar-refractivity contribution is -0.947. The molecule has 3 atom stereocenters. The summed E-state index contributed by atoms with van der Waals surface area (Å²) in [5, 5.41) is 0. The van der Waals surface area contributed by atoms with E-state index in [9.17, 15) is 0 Å². The number of fused-ring (bicyclic) bond motifs is 2. The van der Waals surface area contributed by atoms with E-state index in [-0.39, 0.29) is 0 Å². The summed E-state index contributed by atoms with van der Waals surface area (Å²) in [4.78, 5) is 0. The van der Waals surface area contributed by atoms with Gasteiger partial charge in [-0.15, -0.1) is 0 Å². The van der Waals surface area contributed by atoms with Crippen molar-refractivity contribution in [3.05, 3.63) is 22.2 Å². The Bertz CT molecular complexity index is 775. The highest BCUT2D eigenvalue weighted by Crippen LogP contribution is 2.61. The van der Waals surface area contributed by atoms with E-state index in [1.165, 1.54) is 31.2 Å². The molecule has 3 aliphatic carbocycles. The van der Waals surface area contributed by atoms with E-state index in [0.717, 1.165) is 90.8 Å². The van der Waals surface area contributed by atoms with Gasteiger partial charge in [0.1, 0.15) is 26.2 Å². The largest absolute Gasteiger partial charge is 0.493 e. The lowest BCUT2D eigenvalue weighted by Gasteiger charge is -2.60. The average molecular weight is 512 g/mol. The third-order valence-electron chi connectivity index (χ3n) is 8.82. The fourth-order valence-corrected chi connectivity index (χ4v) is 6.92. The van der Waals surface area contributed by atoms with Gasteiger partial charge in [0, 0.05) is 16.6 Å². The molecule has 3 saturated carbocycles. The predicted molar refractivity (Wildman–Crippen MR) is 130 cm³/mol. The van der Waals surface area contributed by atoms with Gasteiger partial charge in [-0.2, -0.15) is 0 Å². The highest BCUT2D eigenvalue weighted by molar-refractivity contribution is 9.10. The van der Waals surface area contributed by atoms with Crippen LogP contribution in [0.3, 0.4) is 0 Å². The zero-order valence-electron chi connectivity index (χ0n) is 20.3. The van der Waals surface area contributed by atoms with Crippen LogP contribution in [0.4, 0.5) is 0 Å². The molecule has 0 aromatic heterocycles. The van der Waals surface area contributed by atoms with Gasteiger partial charge in [0.2, 0.25) is 0 Å². The molecule has 1 heterocycles. The Hall–Kier alpha value is -0.820. The maximum atomic E-state index is 6.23. The molecule has 5 nitrogen and oxygen atoms in total. The van der Waals surface area contributed by atoms with Crippen molar-refractivity contribution in [2.45, 2.75) is 46.1 Å². The third kappa shape index (κ3) is 4.98. The van der Waals surface area contributed by atoms with Gasteiger partial charge in [0.25, 0.3) is 0 Å². The van der Waals surface area contributed by atoms with E-state index in [4.69, 9.17) is 18.9 Å². The monoisotopic (exact) mass is 510 g/mol. The van der Waals surface area contributed by atoms with E-state index < -0.39 is 0 Å². The maximum Gasteiger partial charge on any atom is 0.161 e. The molecule has 1 saturated heterocycles. The average Bonchev–Trinajstić information content (AvgIpc) is 2.80. The Balaban J connectivity index is 1.32. The van der Waals surface area contributed by atoms with Crippen LogP contribution in [0.15, 0.2) is 16.6 Å². The van der Waals surface area contributed by atoms with Crippen molar-refractivity contribution in [2.75, 3.05) is 60.3 Å². The second kappa shape index (κ2) is 10.2. The van der Waals surface area contributed by atoms with Crippen LogP contribution in [0, 0.1) is 23.2 Å². The van der Waals surface area contributed by atoms with Crippen LogP contribution in [0.25, 0.3) is 0 Å². The number of nitrogens with zero attached hydrogens (tertiary/aromatic N) is 1. The number of benzene rings is 1. The number of ether oxygens (including phenoxy) is 4. The molecule has 0 unspecified atom stereocenters. The van der Waals surface area contributed by atoms with Crippen LogP contribution in [0.1, 0.15) is 45.1 Å². The van der Waals surface area contributed by atoms with Crippen LogP contribution in [-0.2, 0) is 16.0 Å². The van der Waals surface area contributed by atoms with Crippen LogP contribution in [0.2, 0.25) is 0 Å². The molecule has 0 amide bonds. The van der Waals surface area contributed by atoms with Crippen molar-refractivity contribution in [1.29, 1.82) is 0 Å². The molecule has 4 fully saturated rings. The van der Waals surface area contributed by atoms with Gasteiger partial charge in [-0.3, -0.25) is 0 Å². The quantitative estimate of drug-likeness (QED) is 0.316. The highest BCUT2D eigenvalue weighted by atomic mass is 79.9. The summed E-state index contributed by atoms with van der Waals surface area (Å²) in [5.74, 6) is 4.30. The van der Waals surface area contributed by atoms with Gasteiger partial charge in [0.05, 0.1) is 34.0 Å². The first kappa shape index (κ1) is 24.3. The number of hydrogen-bond donors (Lipinski definition) is 0. The molecule has 0 spiro atoms. The first-order valence-electron chi connectivity index (χ1n) is 12.3. The lowest BCUT2D eigenvalue weighted by Crippen LogP contribution is -2.56. The summed E-state index contributed by atoms with van der Waals surface area (Å²) in [6, 6.07) is 4.12. The number of methoxy groups -OCH3 is 2. The number of halogens is 1. The molecule has 4 aliphatic rings. The topological polar surface area (TPSA) is 36.9 Å². The number of hydrogen-bond acceptors (Lipinski definition) is 4. The standard InChI is InChI=1S/C26H41BrNO4/c1-26(2)21-6-5-19(22(26)16-21)7-11-31-12-8-28(9-13-32-14-10-28)18-20-15-24(29-3)25(30-4)17-23(20)27/h15,17,19,21-22H,5-14,16,18H2,1-4H3/q+1/t19-,21-,22-/m0/s1. The zero-order valence-corrected chi connectivity index (χ0v) is 21.9. The summed E-state index contributed by atoms with van der Waals surface area (Å²) < 4.78 is 25.0. The fraction of sp³-hybridized carbons (Fsp3) is 0.769. The first-order valence-corrected chi connectivity index (χ1v) is 13.1. The van der Waals surface area contributed by atoms with Gasteiger partial charge in [-0.1, -0.05) is 29.8 Å². The van der Waals surface area contributed by atoms with Gasteiger partial charge in [-0.05, 0) is 61.0 Å². The molecule has 180 valence electrons. The minimum atomic E-state index is 0.568. The Morgan fingerprint density at radius 3 is 2.44 bits per heavy atom. The molecule has 6 heteroatoms. The second-order valence-electron chi connectivity index (χ2n) is 10.7. The molecular weight excluding hydrogens is 470 g/mol. The van der Waals surface area contributed by atoms with E-state index in [1.807, 2.05) is 6.07 Å². The molecule has 1 aromatic rings. The Morgan fingerprint density at radius 1 is 1.06 bits per heavy atom. The zero-order chi connectivity index (χ0) is 22.8. The maximum absolute atomic E-state index is 6.23. The van der Waals surface area contributed by atoms with Crippen molar-refractivity contribution in [2.24, 2.45) is 23.2 Å². The van der Waals surface area contributed by atoms with Gasteiger partial charge >= 0.3 is 0 Å². The summed E-state index contributed by atoms with van der Waals surface area (Å²) >= 11 is 3.75. The van der Waals surface area contributed by atoms with Crippen LogP contribution in [-0.4, -0.2) is 64.8 Å². The van der Waals surface area contributed by atoms with E-state index in [0.29, 0.717) is 5.41 Å². The normalized spacial score (nSPS) is 28.1. The van der Waals surface area contributed by atoms with Crippen molar-refractivity contribution in [3.8, 4) is 11.5 Å². The van der Waals surface area contributed by atoms with E-state index >= 15 is 0 Å². The summed E-state index contributed by atoms with van der Waals surface area (Å²) in [7, 11) is 3.37. The van der Waals surface area contributed by atoms with Crippen molar-refractivity contribution >= 4 is 15.9 Å². The Morgan fingerprint density at radius 2 is 1.78 bits per heavy atom. The van der Waals surface area contributed by atoms with Crippen LogP contribution < -0.4 is 9.47 Å². The predicted octanol–water partition coefficient (Wildman–Crippen LogP) is 5.29. The molecule has 1 aliphatic heterocycles. The van der Waals surface area contributed by atoms with Gasteiger partial charge in [-0.25, -0.2) is 0 Å². The molecule has 0 N–H and O–H groups in total. The molecule has 1 aromatic carbocycles. The molecular formula is C26H41BrNO4+. The van der Waals surface area contributed by atoms with Gasteiger partial charge in [0.15, 0.2) is 11.5 Å².